The highest BCUT2D eigenvalue weighted by Gasteiger charge is 2.24. The Morgan fingerprint density at radius 3 is 2.25 bits per heavy atom. The third kappa shape index (κ3) is 2.98. The van der Waals surface area contributed by atoms with E-state index in [1.807, 2.05) is 0 Å². The Balaban J connectivity index is 2.01. The minimum absolute atomic E-state index is 0.240. The summed E-state index contributed by atoms with van der Waals surface area (Å²) in [6, 6.07) is 8.92. The van der Waals surface area contributed by atoms with Crippen molar-refractivity contribution >= 4 is 22.6 Å². The minimum Gasteiger partial charge on any atom is -0.324 e. The van der Waals surface area contributed by atoms with E-state index in [2.05, 4.69) is 53.8 Å². The summed E-state index contributed by atoms with van der Waals surface area (Å²) in [6.07, 6.45) is 5.30. The van der Waals surface area contributed by atoms with Gasteiger partial charge in [-0.3, -0.25) is 0 Å². The third-order valence-corrected chi connectivity index (χ3v) is 4.54. The normalized spacial score (nSPS) is 27.7. The molecular formula is C14H20IN. The fraction of sp³-hybridized carbons (Fsp3) is 0.571. The largest absolute Gasteiger partial charge is 0.324 e. The van der Waals surface area contributed by atoms with E-state index >= 15 is 0 Å². The molecule has 0 bridgehead atoms. The van der Waals surface area contributed by atoms with Crippen LogP contribution in [0.3, 0.4) is 0 Å². The summed E-state index contributed by atoms with van der Waals surface area (Å²) in [5, 5.41) is 0. The number of hydrogen-bond acceptors (Lipinski definition) is 1. The molecule has 0 aromatic heterocycles. The van der Waals surface area contributed by atoms with Gasteiger partial charge < -0.3 is 5.73 Å². The number of halogens is 1. The van der Waals surface area contributed by atoms with Crippen LogP contribution < -0.4 is 5.73 Å². The molecule has 0 aliphatic heterocycles. The molecule has 1 nitrogen and oxygen atoms in total. The average molecular weight is 329 g/mol. The van der Waals surface area contributed by atoms with Crippen molar-refractivity contribution in [3.63, 3.8) is 0 Å². The SMILES string of the molecule is CC1CCC(C(N)c2ccc(I)cc2)CC1. The van der Waals surface area contributed by atoms with Gasteiger partial charge in [-0.25, -0.2) is 0 Å². The lowest BCUT2D eigenvalue weighted by Gasteiger charge is -2.30. The van der Waals surface area contributed by atoms with Gasteiger partial charge in [0.25, 0.3) is 0 Å². The van der Waals surface area contributed by atoms with E-state index in [0.29, 0.717) is 5.92 Å². The van der Waals surface area contributed by atoms with Crippen LogP contribution >= 0.6 is 22.6 Å². The second-order valence-electron chi connectivity index (χ2n) is 5.10. The molecule has 1 fully saturated rings. The van der Waals surface area contributed by atoms with Crippen LogP contribution in [0.25, 0.3) is 0 Å². The zero-order valence-corrected chi connectivity index (χ0v) is 12.0. The predicted molar refractivity (Wildman–Crippen MR) is 77.2 cm³/mol. The Morgan fingerprint density at radius 1 is 1.12 bits per heavy atom. The molecule has 2 heteroatoms. The van der Waals surface area contributed by atoms with Crippen molar-refractivity contribution < 1.29 is 0 Å². The second kappa shape index (κ2) is 5.50. The molecule has 2 N–H and O–H groups in total. The van der Waals surface area contributed by atoms with E-state index in [1.165, 1.54) is 34.8 Å². The summed E-state index contributed by atoms with van der Waals surface area (Å²) in [6.45, 7) is 2.35. The van der Waals surface area contributed by atoms with Crippen LogP contribution in [0.4, 0.5) is 0 Å². The second-order valence-corrected chi connectivity index (χ2v) is 6.34. The summed E-state index contributed by atoms with van der Waals surface area (Å²) in [4.78, 5) is 0. The first-order valence-corrected chi connectivity index (χ1v) is 7.25. The molecule has 0 heterocycles. The van der Waals surface area contributed by atoms with Gasteiger partial charge in [0.2, 0.25) is 0 Å². The van der Waals surface area contributed by atoms with E-state index < -0.39 is 0 Å². The summed E-state index contributed by atoms with van der Waals surface area (Å²) < 4.78 is 1.28. The molecule has 0 radical (unpaired) electrons. The van der Waals surface area contributed by atoms with E-state index in [9.17, 15) is 0 Å². The first kappa shape index (κ1) is 12.4. The quantitative estimate of drug-likeness (QED) is 0.812. The molecule has 0 saturated heterocycles. The number of nitrogens with two attached hydrogens (primary N) is 1. The monoisotopic (exact) mass is 329 g/mol. The van der Waals surface area contributed by atoms with Crippen molar-refractivity contribution in [3.05, 3.63) is 33.4 Å². The van der Waals surface area contributed by atoms with Crippen LogP contribution in [-0.4, -0.2) is 0 Å². The topological polar surface area (TPSA) is 26.0 Å². The van der Waals surface area contributed by atoms with Crippen molar-refractivity contribution in [2.45, 2.75) is 38.6 Å². The van der Waals surface area contributed by atoms with Gasteiger partial charge in [-0.2, -0.15) is 0 Å². The van der Waals surface area contributed by atoms with Crippen LogP contribution in [0.2, 0.25) is 0 Å². The Kier molecular flexibility index (Phi) is 4.25. The standard InChI is InChI=1S/C14H20IN/c1-10-2-4-11(5-3-10)14(16)12-6-8-13(15)9-7-12/h6-11,14H,2-5,16H2,1H3. The van der Waals surface area contributed by atoms with Gasteiger partial charge in [-0.05, 0) is 65.0 Å². The lowest BCUT2D eigenvalue weighted by molar-refractivity contribution is 0.256. The molecule has 1 aromatic rings. The van der Waals surface area contributed by atoms with Gasteiger partial charge >= 0.3 is 0 Å². The summed E-state index contributed by atoms with van der Waals surface area (Å²) in [5.74, 6) is 1.59. The lowest BCUT2D eigenvalue weighted by Crippen LogP contribution is -2.25. The van der Waals surface area contributed by atoms with Crippen molar-refractivity contribution in [2.24, 2.45) is 17.6 Å². The third-order valence-electron chi connectivity index (χ3n) is 3.82. The summed E-state index contributed by atoms with van der Waals surface area (Å²) in [5.41, 5.74) is 7.67. The van der Waals surface area contributed by atoms with Gasteiger partial charge in [0.05, 0.1) is 0 Å². The zero-order valence-electron chi connectivity index (χ0n) is 9.83. The predicted octanol–water partition coefficient (Wildman–Crippen LogP) is 4.12. The molecule has 1 aliphatic rings. The average Bonchev–Trinajstić information content (AvgIpc) is 2.30. The maximum Gasteiger partial charge on any atom is 0.0323 e. The first-order chi connectivity index (χ1) is 7.66. The zero-order chi connectivity index (χ0) is 11.5. The molecule has 16 heavy (non-hydrogen) atoms. The Labute approximate surface area is 112 Å². The highest BCUT2D eigenvalue weighted by atomic mass is 127. The van der Waals surface area contributed by atoms with Gasteiger partial charge in [-0.15, -0.1) is 0 Å². The molecule has 0 amide bonds. The first-order valence-electron chi connectivity index (χ1n) is 6.18. The lowest BCUT2D eigenvalue weighted by atomic mass is 9.78. The minimum atomic E-state index is 0.240. The Hall–Kier alpha value is -0.0900. The fourth-order valence-corrected chi connectivity index (χ4v) is 2.96. The van der Waals surface area contributed by atoms with E-state index in [1.54, 1.807) is 0 Å². The van der Waals surface area contributed by atoms with Crippen LogP contribution in [-0.2, 0) is 0 Å². The highest BCUT2D eigenvalue weighted by molar-refractivity contribution is 14.1. The van der Waals surface area contributed by atoms with E-state index in [0.717, 1.165) is 5.92 Å². The maximum atomic E-state index is 6.36. The molecule has 0 spiro atoms. The van der Waals surface area contributed by atoms with E-state index in [4.69, 9.17) is 5.73 Å². The maximum absolute atomic E-state index is 6.36. The van der Waals surface area contributed by atoms with Gasteiger partial charge in [0, 0.05) is 9.61 Å². The number of rotatable bonds is 2. The number of hydrogen-bond donors (Lipinski definition) is 1. The smallest absolute Gasteiger partial charge is 0.0323 e. The Morgan fingerprint density at radius 2 is 1.69 bits per heavy atom. The molecule has 1 saturated carbocycles. The van der Waals surface area contributed by atoms with Crippen molar-refractivity contribution in [1.82, 2.24) is 0 Å². The van der Waals surface area contributed by atoms with Crippen molar-refractivity contribution in [2.75, 3.05) is 0 Å². The molecule has 1 atom stereocenters. The van der Waals surface area contributed by atoms with Crippen LogP contribution in [0.5, 0.6) is 0 Å². The van der Waals surface area contributed by atoms with Crippen molar-refractivity contribution in [3.8, 4) is 0 Å². The summed E-state index contributed by atoms with van der Waals surface area (Å²) >= 11 is 2.34. The number of benzene rings is 1. The molecular weight excluding hydrogens is 309 g/mol. The highest BCUT2D eigenvalue weighted by Crippen LogP contribution is 2.35. The van der Waals surface area contributed by atoms with Gasteiger partial charge in [0.1, 0.15) is 0 Å². The van der Waals surface area contributed by atoms with Crippen LogP contribution in [0.15, 0.2) is 24.3 Å². The molecule has 1 aliphatic carbocycles. The van der Waals surface area contributed by atoms with Gasteiger partial charge in [-0.1, -0.05) is 31.9 Å². The van der Waals surface area contributed by atoms with Gasteiger partial charge in [0.15, 0.2) is 0 Å². The fourth-order valence-electron chi connectivity index (χ4n) is 2.60. The van der Waals surface area contributed by atoms with Crippen molar-refractivity contribution in [1.29, 1.82) is 0 Å². The molecule has 88 valence electrons. The van der Waals surface area contributed by atoms with Crippen LogP contribution in [0, 0.1) is 15.4 Å². The summed E-state index contributed by atoms with van der Waals surface area (Å²) in [7, 11) is 0. The Bertz CT molecular complexity index is 325. The molecule has 1 aromatic carbocycles. The van der Waals surface area contributed by atoms with Crippen LogP contribution in [0.1, 0.15) is 44.2 Å². The molecule has 1 unspecified atom stereocenters. The van der Waals surface area contributed by atoms with E-state index in [-0.39, 0.29) is 6.04 Å². The molecule has 2 rings (SSSR count).